The normalized spacial score (nSPS) is 10.4. The van der Waals surface area contributed by atoms with Crippen molar-refractivity contribution >= 4 is 23.0 Å². The number of ether oxygens (including phenoxy) is 1. The molecule has 0 aliphatic heterocycles. The zero-order valence-corrected chi connectivity index (χ0v) is 13.4. The number of hydrogen-bond donors (Lipinski definition) is 1. The first-order valence-electron chi connectivity index (χ1n) is 7.70. The van der Waals surface area contributed by atoms with Crippen LogP contribution in [0.3, 0.4) is 0 Å². The first-order chi connectivity index (χ1) is 12.1. The van der Waals surface area contributed by atoms with E-state index in [1.165, 1.54) is 6.07 Å². The van der Waals surface area contributed by atoms with E-state index in [0.717, 1.165) is 11.1 Å². The number of rotatable bonds is 3. The third kappa shape index (κ3) is 3.58. The highest BCUT2D eigenvalue weighted by Gasteiger charge is 2.17. The number of carbonyl (C=O) groups is 2. The summed E-state index contributed by atoms with van der Waals surface area (Å²) < 4.78 is 9.81. The molecule has 1 N–H and O–H groups in total. The van der Waals surface area contributed by atoms with E-state index in [9.17, 15) is 14.4 Å². The van der Waals surface area contributed by atoms with Gasteiger partial charge in [0.1, 0.15) is 11.1 Å². The summed E-state index contributed by atoms with van der Waals surface area (Å²) in [6.45, 7) is 1.73. The molecule has 0 fully saturated rings. The van der Waals surface area contributed by atoms with E-state index in [0.29, 0.717) is 11.0 Å². The fourth-order valence-corrected chi connectivity index (χ4v) is 2.42. The van der Waals surface area contributed by atoms with Gasteiger partial charge >= 0.3 is 11.7 Å². The Morgan fingerprint density at radius 3 is 2.52 bits per heavy atom. The van der Waals surface area contributed by atoms with Gasteiger partial charge in [-0.25, -0.2) is 9.59 Å². The minimum absolute atomic E-state index is 0.117. The molecule has 126 valence electrons. The number of benzene rings is 2. The van der Waals surface area contributed by atoms with Crippen LogP contribution in [0.5, 0.6) is 0 Å². The predicted molar refractivity (Wildman–Crippen MR) is 92.4 cm³/mol. The predicted octanol–water partition coefficient (Wildman–Crippen LogP) is 3.35. The molecule has 25 heavy (non-hydrogen) atoms. The van der Waals surface area contributed by atoms with E-state index >= 15 is 0 Å². The van der Waals surface area contributed by atoms with Gasteiger partial charge < -0.3 is 9.15 Å². The van der Waals surface area contributed by atoms with Crippen molar-refractivity contribution in [1.29, 1.82) is 0 Å². The van der Waals surface area contributed by atoms with Gasteiger partial charge in [0, 0.05) is 5.39 Å². The minimum Gasteiger partial charge on any atom is -0.450 e. The largest absolute Gasteiger partial charge is 0.450 e. The van der Waals surface area contributed by atoms with Crippen LogP contribution in [0.4, 0.5) is 4.79 Å². The number of imide groups is 1. The van der Waals surface area contributed by atoms with Gasteiger partial charge in [-0.3, -0.25) is 10.1 Å². The van der Waals surface area contributed by atoms with E-state index in [1.54, 1.807) is 13.0 Å². The summed E-state index contributed by atoms with van der Waals surface area (Å²) >= 11 is 0. The van der Waals surface area contributed by atoms with Crippen LogP contribution in [0.15, 0.2) is 63.8 Å². The Balaban J connectivity index is 2.00. The summed E-state index contributed by atoms with van der Waals surface area (Å²) in [7, 11) is 0. The first-order valence-corrected chi connectivity index (χ1v) is 7.70. The van der Waals surface area contributed by atoms with Gasteiger partial charge in [-0.05, 0) is 36.2 Å². The van der Waals surface area contributed by atoms with Crippen molar-refractivity contribution in [2.75, 3.05) is 6.61 Å². The highest BCUT2D eigenvalue weighted by molar-refractivity contribution is 6.04. The van der Waals surface area contributed by atoms with Crippen molar-refractivity contribution in [3.05, 3.63) is 70.6 Å². The smallest absolute Gasteiger partial charge is 0.414 e. The van der Waals surface area contributed by atoms with Crippen molar-refractivity contribution < 1.29 is 18.7 Å². The summed E-state index contributed by atoms with van der Waals surface area (Å²) in [5.41, 5.74) is 1.19. The lowest BCUT2D eigenvalue weighted by Gasteiger charge is -2.06. The van der Waals surface area contributed by atoms with Crippen LogP contribution in [-0.4, -0.2) is 18.6 Å². The van der Waals surface area contributed by atoms with Gasteiger partial charge in [-0.2, -0.15) is 0 Å². The van der Waals surface area contributed by atoms with Crippen molar-refractivity contribution in [1.82, 2.24) is 5.32 Å². The monoisotopic (exact) mass is 337 g/mol. The van der Waals surface area contributed by atoms with E-state index in [4.69, 9.17) is 4.42 Å². The van der Waals surface area contributed by atoms with Crippen LogP contribution < -0.4 is 10.9 Å². The molecule has 0 aliphatic rings. The fourth-order valence-electron chi connectivity index (χ4n) is 2.42. The van der Waals surface area contributed by atoms with Crippen LogP contribution in [0.2, 0.25) is 0 Å². The number of carbonyl (C=O) groups excluding carboxylic acids is 2. The van der Waals surface area contributed by atoms with Gasteiger partial charge in [0.05, 0.1) is 6.61 Å². The highest BCUT2D eigenvalue weighted by Crippen LogP contribution is 2.24. The molecule has 0 bridgehead atoms. The topological polar surface area (TPSA) is 85.6 Å². The van der Waals surface area contributed by atoms with Gasteiger partial charge in [-0.15, -0.1) is 0 Å². The van der Waals surface area contributed by atoms with E-state index in [1.807, 2.05) is 47.8 Å². The molecule has 6 heteroatoms. The molecule has 6 nitrogen and oxygen atoms in total. The number of fused-ring (bicyclic) bond motifs is 1. The van der Waals surface area contributed by atoms with Gasteiger partial charge in [0.15, 0.2) is 0 Å². The fraction of sp³-hybridized carbons (Fsp3) is 0.105. The molecule has 1 aromatic heterocycles. The van der Waals surface area contributed by atoms with Crippen LogP contribution in [-0.2, 0) is 4.74 Å². The van der Waals surface area contributed by atoms with Crippen LogP contribution in [0, 0.1) is 0 Å². The number of nitrogens with one attached hydrogen (secondary N) is 1. The van der Waals surface area contributed by atoms with Gasteiger partial charge in [-0.1, -0.05) is 36.4 Å². The molecule has 0 aliphatic carbocycles. The summed E-state index contributed by atoms with van der Waals surface area (Å²) in [6, 6.07) is 16.4. The quantitative estimate of drug-likeness (QED) is 0.741. The lowest BCUT2D eigenvalue weighted by atomic mass is 10.0. The van der Waals surface area contributed by atoms with Crippen molar-refractivity contribution in [2.45, 2.75) is 6.92 Å². The van der Waals surface area contributed by atoms with E-state index < -0.39 is 17.6 Å². The van der Waals surface area contributed by atoms with E-state index in [2.05, 4.69) is 4.74 Å². The molecule has 0 saturated carbocycles. The number of hydrogen-bond acceptors (Lipinski definition) is 5. The average Bonchev–Trinajstić information content (AvgIpc) is 2.61. The molecular weight excluding hydrogens is 322 g/mol. The Morgan fingerprint density at radius 2 is 1.80 bits per heavy atom. The Kier molecular flexibility index (Phi) is 4.61. The lowest BCUT2D eigenvalue weighted by Crippen LogP contribution is -2.33. The Bertz CT molecular complexity index is 992. The van der Waals surface area contributed by atoms with Crippen molar-refractivity contribution in [2.24, 2.45) is 0 Å². The maximum absolute atomic E-state index is 12.1. The SMILES string of the molecule is CCOC(=O)NC(=O)c1cc2cc(-c3ccccc3)ccc2oc1=O. The molecule has 0 atom stereocenters. The zero-order chi connectivity index (χ0) is 17.8. The molecule has 0 radical (unpaired) electrons. The Labute approximate surface area is 143 Å². The Morgan fingerprint density at radius 1 is 1.04 bits per heavy atom. The maximum Gasteiger partial charge on any atom is 0.414 e. The second-order valence-corrected chi connectivity index (χ2v) is 5.24. The van der Waals surface area contributed by atoms with Crippen molar-refractivity contribution in [3.63, 3.8) is 0 Å². The average molecular weight is 337 g/mol. The molecule has 0 saturated heterocycles. The molecule has 0 spiro atoms. The minimum atomic E-state index is -0.912. The number of alkyl carbamates (subject to hydrolysis) is 1. The Hall–Kier alpha value is -3.41. The van der Waals surface area contributed by atoms with Crippen molar-refractivity contribution in [3.8, 4) is 11.1 Å². The molecule has 3 rings (SSSR count). The molecule has 2 amide bonds. The molecular formula is C19H15NO5. The summed E-state index contributed by atoms with van der Waals surface area (Å²) in [4.78, 5) is 35.4. The second-order valence-electron chi connectivity index (χ2n) is 5.24. The standard InChI is InChI=1S/C19H15NO5/c1-2-24-19(23)20-17(21)15-11-14-10-13(12-6-4-3-5-7-12)8-9-16(14)25-18(15)22/h3-11H,2H2,1H3,(H,20,21,23). The van der Waals surface area contributed by atoms with Crippen LogP contribution in [0.1, 0.15) is 17.3 Å². The van der Waals surface area contributed by atoms with Gasteiger partial charge in [0.25, 0.3) is 5.91 Å². The summed E-state index contributed by atoms with van der Waals surface area (Å²) in [6.07, 6.45) is -0.912. The van der Waals surface area contributed by atoms with Gasteiger partial charge in [0.2, 0.25) is 0 Å². The van der Waals surface area contributed by atoms with Crippen LogP contribution >= 0.6 is 0 Å². The maximum atomic E-state index is 12.1. The molecule has 1 heterocycles. The first kappa shape index (κ1) is 16.4. The third-order valence-corrected chi connectivity index (χ3v) is 3.57. The van der Waals surface area contributed by atoms with E-state index in [-0.39, 0.29) is 12.2 Å². The molecule has 2 aromatic carbocycles. The second kappa shape index (κ2) is 7.00. The summed E-state index contributed by atoms with van der Waals surface area (Å²) in [5.74, 6) is -0.862. The summed E-state index contributed by atoms with van der Waals surface area (Å²) in [5, 5.41) is 2.57. The molecule has 0 unspecified atom stereocenters. The third-order valence-electron chi connectivity index (χ3n) is 3.57. The zero-order valence-electron chi connectivity index (χ0n) is 13.4. The number of amides is 2. The molecule has 3 aromatic rings. The lowest BCUT2D eigenvalue weighted by molar-refractivity contribution is 0.0921. The highest BCUT2D eigenvalue weighted by atomic mass is 16.5. The van der Waals surface area contributed by atoms with Crippen LogP contribution in [0.25, 0.3) is 22.1 Å².